The lowest BCUT2D eigenvalue weighted by Gasteiger charge is -2.27. The summed E-state index contributed by atoms with van der Waals surface area (Å²) < 4.78 is 9.51. The summed E-state index contributed by atoms with van der Waals surface area (Å²) in [6, 6.07) is 85.7. The largest absolute Gasteiger partial charge is 0.455 e. The van der Waals surface area contributed by atoms with Crippen LogP contribution in [0.15, 0.2) is 241 Å². The molecule has 0 saturated carbocycles. The number of fused-ring (bicyclic) bond motifs is 9. The van der Waals surface area contributed by atoms with Gasteiger partial charge in [-0.2, -0.15) is 0 Å². The summed E-state index contributed by atoms with van der Waals surface area (Å²) >= 11 is 1.89. The summed E-state index contributed by atoms with van der Waals surface area (Å²) in [5, 5.41) is 9.68. The lowest BCUT2D eigenvalue weighted by Crippen LogP contribution is -2.10. The van der Waals surface area contributed by atoms with Gasteiger partial charge in [-0.3, -0.25) is 0 Å². The van der Waals surface area contributed by atoms with Gasteiger partial charge >= 0.3 is 0 Å². The molecule has 0 unspecified atom stereocenters. The predicted molar refractivity (Wildman–Crippen MR) is 278 cm³/mol. The summed E-state index contributed by atoms with van der Waals surface area (Å²) in [6.45, 7) is 0. The molecule has 0 aliphatic heterocycles. The van der Waals surface area contributed by atoms with Crippen molar-refractivity contribution < 1.29 is 4.42 Å². The van der Waals surface area contributed by atoms with Crippen molar-refractivity contribution in [2.75, 3.05) is 4.90 Å². The standard InChI is InChI=1S/C62H39NOS/c1-3-13-40(14-4-1)41-25-27-44(28-26-41)51-37-38-57(59-56-19-9-10-24-58(56)64-60(51)59)63(48-35-36-50-46(39-48)30-29-43-17-7-8-18-49(43)50)47-33-31-45(32-34-47)53-21-12-23-55-54-22-11-20-52(61(54)65-62(53)55)42-15-5-2-6-16-42/h1-39H. The zero-order chi connectivity index (χ0) is 42.8. The van der Waals surface area contributed by atoms with E-state index in [-0.39, 0.29) is 0 Å². The van der Waals surface area contributed by atoms with Crippen LogP contribution in [0.2, 0.25) is 0 Å². The molecule has 3 heteroatoms. The third kappa shape index (κ3) is 6.24. The van der Waals surface area contributed by atoms with E-state index >= 15 is 0 Å². The lowest BCUT2D eigenvalue weighted by molar-refractivity contribution is 0.670. The minimum absolute atomic E-state index is 0.865. The lowest BCUT2D eigenvalue weighted by atomic mass is 9.97. The smallest absolute Gasteiger partial charge is 0.145 e. The van der Waals surface area contributed by atoms with Gasteiger partial charge in [-0.1, -0.05) is 194 Å². The van der Waals surface area contributed by atoms with Gasteiger partial charge in [-0.05, 0) is 103 Å². The minimum Gasteiger partial charge on any atom is -0.455 e. The Balaban J connectivity index is 0.987. The van der Waals surface area contributed by atoms with Crippen molar-refractivity contribution in [1.29, 1.82) is 0 Å². The number of anilines is 3. The first-order valence-electron chi connectivity index (χ1n) is 22.2. The number of thiophene rings is 1. The topological polar surface area (TPSA) is 16.4 Å². The summed E-state index contributed by atoms with van der Waals surface area (Å²) in [6.07, 6.45) is 0. The van der Waals surface area contributed by atoms with Gasteiger partial charge in [-0.25, -0.2) is 0 Å². The molecule has 0 bridgehead atoms. The highest BCUT2D eigenvalue weighted by molar-refractivity contribution is 7.26. The Labute approximate surface area is 380 Å². The molecule has 2 nitrogen and oxygen atoms in total. The molecule has 65 heavy (non-hydrogen) atoms. The molecule has 0 saturated heterocycles. The van der Waals surface area contributed by atoms with E-state index in [0.717, 1.165) is 50.1 Å². The molecule has 0 amide bonds. The van der Waals surface area contributed by atoms with E-state index < -0.39 is 0 Å². The van der Waals surface area contributed by atoms with Crippen molar-refractivity contribution in [3.05, 3.63) is 237 Å². The fourth-order valence-corrected chi connectivity index (χ4v) is 11.3. The SMILES string of the molecule is c1ccc(-c2ccc(-c3ccc(N(c4ccc(-c5cccc6c5sc5c(-c7ccccc7)cccc56)cc4)c4ccc5c(ccc6ccccc65)c4)c4c3oc3ccccc34)cc2)cc1. The van der Waals surface area contributed by atoms with Gasteiger partial charge in [0.25, 0.3) is 0 Å². The van der Waals surface area contributed by atoms with Crippen LogP contribution in [-0.4, -0.2) is 0 Å². The summed E-state index contributed by atoms with van der Waals surface area (Å²) in [7, 11) is 0. The second kappa shape index (κ2) is 15.2. The average Bonchev–Trinajstić information content (AvgIpc) is 3.97. The monoisotopic (exact) mass is 845 g/mol. The van der Waals surface area contributed by atoms with Crippen molar-refractivity contribution in [3.8, 4) is 44.5 Å². The van der Waals surface area contributed by atoms with Crippen LogP contribution >= 0.6 is 11.3 Å². The van der Waals surface area contributed by atoms with E-state index in [1.54, 1.807) is 0 Å². The van der Waals surface area contributed by atoms with Crippen LogP contribution in [0.3, 0.4) is 0 Å². The van der Waals surface area contributed by atoms with Crippen LogP contribution in [0.1, 0.15) is 0 Å². The first-order chi connectivity index (χ1) is 32.2. The molecular weight excluding hydrogens is 807 g/mol. The van der Waals surface area contributed by atoms with Gasteiger partial charge in [-0.15, -0.1) is 11.3 Å². The summed E-state index contributed by atoms with van der Waals surface area (Å²) in [4.78, 5) is 2.41. The van der Waals surface area contributed by atoms with Gasteiger partial charge in [0.1, 0.15) is 11.2 Å². The molecule has 11 aromatic carbocycles. The van der Waals surface area contributed by atoms with Gasteiger partial charge in [0.2, 0.25) is 0 Å². The third-order valence-corrected chi connectivity index (χ3v) is 14.4. The van der Waals surface area contributed by atoms with E-state index in [4.69, 9.17) is 4.42 Å². The van der Waals surface area contributed by atoms with Gasteiger partial charge in [0.15, 0.2) is 0 Å². The van der Waals surface area contributed by atoms with E-state index in [1.807, 2.05) is 11.3 Å². The minimum atomic E-state index is 0.865. The van der Waals surface area contributed by atoms with Gasteiger partial charge < -0.3 is 9.32 Å². The molecule has 0 radical (unpaired) electrons. The number of para-hydroxylation sites is 1. The quantitative estimate of drug-likeness (QED) is 0.149. The maximum Gasteiger partial charge on any atom is 0.145 e. The Bertz CT molecular complexity index is 3920. The van der Waals surface area contributed by atoms with E-state index in [1.165, 1.54) is 75.1 Å². The molecule has 0 spiro atoms. The molecule has 2 heterocycles. The molecule has 0 aliphatic rings. The summed E-state index contributed by atoms with van der Waals surface area (Å²) in [5.41, 5.74) is 14.4. The maximum absolute atomic E-state index is 6.89. The second-order valence-electron chi connectivity index (χ2n) is 16.8. The molecule has 304 valence electrons. The molecule has 0 atom stereocenters. The Morgan fingerprint density at radius 1 is 0.323 bits per heavy atom. The Morgan fingerprint density at radius 3 is 1.58 bits per heavy atom. The van der Waals surface area contributed by atoms with Crippen molar-refractivity contribution in [3.63, 3.8) is 0 Å². The molecule has 0 fully saturated rings. The highest BCUT2D eigenvalue weighted by atomic mass is 32.1. The molecular formula is C62H39NOS. The van der Waals surface area contributed by atoms with E-state index in [0.29, 0.717) is 0 Å². The number of hydrogen-bond donors (Lipinski definition) is 0. The number of rotatable bonds is 7. The van der Waals surface area contributed by atoms with E-state index in [9.17, 15) is 0 Å². The molecule has 13 aromatic rings. The molecule has 0 aliphatic carbocycles. The Hall–Kier alpha value is -8.24. The number of hydrogen-bond acceptors (Lipinski definition) is 3. The van der Waals surface area contributed by atoms with Gasteiger partial charge in [0, 0.05) is 42.5 Å². The highest BCUT2D eigenvalue weighted by Crippen LogP contribution is 2.48. The number of benzene rings is 11. The Kier molecular flexibility index (Phi) is 8.75. The van der Waals surface area contributed by atoms with Crippen molar-refractivity contribution in [1.82, 2.24) is 0 Å². The maximum atomic E-state index is 6.89. The number of furan rings is 1. The van der Waals surface area contributed by atoms with Crippen LogP contribution < -0.4 is 4.90 Å². The number of nitrogens with zero attached hydrogens (tertiary/aromatic N) is 1. The van der Waals surface area contributed by atoms with Crippen molar-refractivity contribution in [2.24, 2.45) is 0 Å². The Morgan fingerprint density at radius 2 is 0.846 bits per heavy atom. The van der Waals surface area contributed by atoms with Crippen LogP contribution in [0, 0.1) is 0 Å². The third-order valence-electron chi connectivity index (χ3n) is 13.1. The van der Waals surface area contributed by atoms with E-state index in [2.05, 4.69) is 241 Å². The molecule has 13 rings (SSSR count). The van der Waals surface area contributed by atoms with Crippen LogP contribution in [0.5, 0.6) is 0 Å². The van der Waals surface area contributed by atoms with Crippen molar-refractivity contribution >= 4 is 92.1 Å². The molecule has 2 aromatic heterocycles. The fraction of sp³-hybridized carbons (Fsp3) is 0. The van der Waals surface area contributed by atoms with Crippen molar-refractivity contribution in [2.45, 2.75) is 0 Å². The highest BCUT2D eigenvalue weighted by Gasteiger charge is 2.23. The van der Waals surface area contributed by atoms with Crippen LogP contribution in [0.4, 0.5) is 17.1 Å². The molecule has 0 N–H and O–H groups in total. The van der Waals surface area contributed by atoms with Crippen LogP contribution in [-0.2, 0) is 0 Å². The predicted octanol–water partition coefficient (Wildman–Crippen LogP) is 18.4. The average molecular weight is 846 g/mol. The first kappa shape index (κ1) is 37.3. The normalized spacial score (nSPS) is 11.7. The zero-order valence-electron chi connectivity index (χ0n) is 35.3. The first-order valence-corrected chi connectivity index (χ1v) is 23.0. The summed E-state index contributed by atoms with van der Waals surface area (Å²) in [5.74, 6) is 0. The fourth-order valence-electron chi connectivity index (χ4n) is 9.95. The second-order valence-corrected chi connectivity index (χ2v) is 17.8. The van der Waals surface area contributed by atoms with Crippen LogP contribution in [0.25, 0.3) is 108 Å². The van der Waals surface area contributed by atoms with Gasteiger partial charge in [0.05, 0.1) is 11.1 Å². The zero-order valence-corrected chi connectivity index (χ0v) is 36.1.